The van der Waals surface area contributed by atoms with E-state index in [2.05, 4.69) is 36.2 Å². The second-order valence-electron chi connectivity index (χ2n) is 6.24. The van der Waals surface area contributed by atoms with Crippen molar-refractivity contribution in [3.05, 3.63) is 71.3 Å². The molecule has 27 heavy (non-hydrogen) atoms. The van der Waals surface area contributed by atoms with Crippen LogP contribution >= 0.6 is 24.8 Å². The third-order valence-corrected chi connectivity index (χ3v) is 4.50. The summed E-state index contributed by atoms with van der Waals surface area (Å²) in [6.45, 7) is 7.76. The average Bonchev–Trinajstić information content (AvgIpc) is 2.65. The fraction of sp³-hybridized carbons (Fsp3) is 0.381. The molecule has 2 rings (SSSR count). The lowest BCUT2D eigenvalue weighted by Gasteiger charge is -2.20. The van der Waals surface area contributed by atoms with Gasteiger partial charge in [-0.2, -0.15) is 0 Å². The molecule has 0 aliphatic carbocycles. The molecule has 0 saturated carbocycles. The summed E-state index contributed by atoms with van der Waals surface area (Å²) in [5.74, 6) is -0.110. The van der Waals surface area contributed by atoms with E-state index < -0.39 is 6.04 Å². The number of carbonyl (C=O) groups excluding carboxylic acids is 1. The van der Waals surface area contributed by atoms with Crippen molar-refractivity contribution in [3.8, 4) is 0 Å². The van der Waals surface area contributed by atoms with Crippen LogP contribution in [0.25, 0.3) is 0 Å². The van der Waals surface area contributed by atoms with E-state index in [1.807, 2.05) is 42.5 Å². The fourth-order valence-corrected chi connectivity index (χ4v) is 2.85. The van der Waals surface area contributed by atoms with Crippen molar-refractivity contribution >= 4 is 30.7 Å². The Balaban J connectivity index is 0.00000338. The molecule has 2 aromatic rings. The second-order valence-corrected chi connectivity index (χ2v) is 6.24. The molecule has 1 atom stereocenters. The lowest BCUT2D eigenvalue weighted by Crippen LogP contribution is -2.41. The third-order valence-electron chi connectivity index (χ3n) is 4.50. The van der Waals surface area contributed by atoms with E-state index in [1.54, 1.807) is 0 Å². The van der Waals surface area contributed by atoms with Crippen LogP contribution in [0.15, 0.2) is 54.6 Å². The number of benzene rings is 2. The van der Waals surface area contributed by atoms with Crippen molar-refractivity contribution in [2.75, 3.05) is 13.1 Å². The van der Waals surface area contributed by atoms with Crippen LogP contribution in [0.2, 0.25) is 0 Å². The van der Waals surface area contributed by atoms with Gasteiger partial charge in [0.25, 0.3) is 0 Å². The molecule has 150 valence electrons. The summed E-state index contributed by atoms with van der Waals surface area (Å²) in [5.41, 5.74) is 9.53. The zero-order valence-corrected chi connectivity index (χ0v) is 17.7. The molecule has 6 heteroatoms. The molecule has 1 amide bonds. The number of rotatable bonds is 9. The largest absolute Gasteiger partial charge is 0.351 e. The smallest absolute Gasteiger partial charge is 0.237 e. The summed E-state index contributed by atoms with van der Waals surface area (Å²) in [5, 5.41) is 2.99. The van der Waals surface area contributed by atoms with Crippen LogP contribution in [0, 0.1) is 0 Å². The molecular weight excluding hydrogens is 381 g/mol. The Kier molecular flexibility index (Phi) is 12.8. The van der Waals surface area contributed by atoms with Gasteiger partial charge in [-0.1, -0.05) is 68.4 Å². The van der Waals surface area contributed by atoms with Gasteiger partial charge in [0.15, 0.2) is 0 Å². The van der Waals surface area contributed by atoms with E-state index in [4.69, 9.17) is 5.73 Å². The number of hydrogen-bond donors (Lipinski definition) is 2. The number of hydrogen-bond acceptors (Lipinski definition) is 3. The molecule has 0 bridgehead atoms. The third kappa shape index (κ3) is 8.31. The monoisotopic (exact) mass is 411 g/mol. The van der Waals surface area contributed by atoms with Gasteiger partial charge in [0.05, 0.1) is 6.04 Å². The normalized spacial score (nSPS) is 11.3. The molecule has 0 saturated heterocycles. The summed E-state index contributed by atoms with van der Waals surface area (Å²) in [7, 11) is 0. The zero-order valence-electron chi connectivity index (χ0n) is 16.1. The van der Waals surface area contributed by atoms with Gasteiger partial charge in [-0.3, -0.25) is 9.69 Å². The number of halogens is 2. The van der Waals surface area contributed by atoms with E-state index in [-0.39, 0.29) is 30.7 Å². The van der Waals surface area contributed by atoms with Gasteiger partial charge in [0.2, 0.25) is 5.91 Å². The molecule has 2 aromatic carbocycles. The first-order valence-electron chi connectivity index (χ1n) is 9.00. The van der Waals surface area contributed by atoms with E-state index in [1.165, 1.54) is 5.56 Å². The standard InChI is InChI=1S/C21H29N3O.2ClH/c1-3-24(4-2)16-19-13-9-8-12-18(19)15-23-21(25)20(22)14-17-10-6-5-7-11-17;;/h5-13,20H,3-4,14-16,22H2,1-2H3,(H,23,25);2*1H. The first-order chi connectivity index (χ1) is 12.1. The number of nitrogens with one attached hydrogen (secondary N) is 1. The lowest BCUT2D eigenvalue weighted by molar-refractivity contribution is -0.122. The quantitative estimate of drug-likeness (QED) is 0.662. The van der Waals surface area contributed by atoms with E-state index in [9.17, 15) is 4.79 Å². The van der Waals surface area contributed by atoms with Crippen molar-refractivity contribution in [1.29, 1.82) is 0 Å². The molecular formula is C21H31Cl2N3O. The molecule has 0 fully saturated rings. The zero-order chi connectivity index (χ0) is 18.1. The van der Waals surface area contributed by atoms with Crippen LogP contribution in [0.1, 0.15) is 30.5 Å². The highest BCUT2D eigenvalue weighted by Gasteiger charge is 2.14. The van der Waals surface area contributed by atoms with Crippen LogP contribution in [0.5, 0.6) is 0 Å². The first-order valence-corrected chi connectivity index (χ1v) is 9.00. The van der Waals surface area contributed by atoms with Crippen molar-refractivity contribution in [2.24, 2.45) is 5.73 Å². The molecule has 0 aromatic heterocycles. The van der Waals surface area contributed by atoms with Gasteiger partial charge in [0.1, 0.15) is 0 Å². The molecule has 4 nitrogen and oxygen atoms in total. The average molecular weight is 412 g/mol. The molecule has 0 heterocycles. The summed E-state index contributed by atoms with van der Waals surface area (Å²) in [6, 6.07) is 17.6. The lowest BCUT2D eigenvalue weighted by atomic mass is 10.0. The number of nitrogens with zero attached hydrogens (tertiary/aromatic N) is 1. The summed E-state index contributed by atoms with van der Waals surface area (Å²) in [6.07, 6.45) is 0.549. The highest BCUT2D eigenvalue weighted by molar-refractivity contribution is 5.85. The van der Waals surface area contributed by atoms with Gasteiger partial charge in [0, 0.05) is 13.1 Å². The summed E-state index contributed by atoms with van der Waals surface area (Å²) < 4.78 is 0. The Hall–Kier alpha value is -1.59. The van der Waals surface area contributed by atoms with Crippen LogP contribution in [-0.2, 0) is 24.3 Å². The molecule has 0 spiro atoms. The van der Waals surface area contributed by atoms with Crippen LogP contribution in [0.3, 0.4) is 0 Å². The number of carbonyl (C=O) groups is 1. The number of nitrogens with two attached hydrogens (primary N) is 1. The van der Waals surface area contributed by atoms with Crippen molar-refractivity contribution < 1.29 is 4.79 Å². The second kappa shape index (κ2) is 13.6. The topological polar surface area (TPSA) is 58.4 Å². The Morgan fingerprint density at radius 3 is 2.11 bits per heavy atom. The van der Waals surface area contributed by atoms with E-state index in [0.717, 1.165) is 30.8 Å². The van der Waals surface area contributed by atoms with Crippen molar-refractivity contribution in [2.45, 2.75) is 39.4 Å². The van der Waals surface area contributed by atoms with E-state index in [0.29, 0.717) is 13.0 Å². The van der Waals surface area contributed by atoms with E-state index >= 15 is 0 Å². The van der Waals surface area contributed by atoms with Gasteiger partial charge in [-0.25, -0.2) is 0 Å². The highest BCUT2D eigenvalue weighted by Crippen LogP contribution is 2.12. The number of amides is 1. The van der Waals surface area contributed by atoms with Crippen molar-refractivity contribution in [1.82, 2.24) is 10.2 Å². The predicted octanol–water partition coefficient (Wildman–Crippen LogP) is 3.56. The minimum absolute atomic E-state index is 0. The Morgan fingerprint density at radius 2 is 1.52 bits per heavy atom. The van der Waals surface area contributed by atoms with Gasteiger partial charge < -0.3 is 11.1 Å². The van der Waals surface area contributed by atoms with Crippen LogP contribution in [0.4, 0.5) is 0 Å². The van der Waals surface area contributed by atoms with Crippen molar-refractivity contribution in [3.63, 3.8) is 0 Å². The maximum Gasteiger partial charge on any atom is 0.237 e. The Labute approximate surface area is 175 Å². The Morgan fingerprint density at radius 1 is 0.963 bits per heavy atom. The summed E-state index contributed by atoms with van der Waals surface area (Å²) in [4.78, 5) is 14.7. The molecule has 0 radical (unpaired) electrons. The Bertz CT molecular complexity index is 663. The maximum atomic E-state index is 12.3. The fourth-order valence-electron chi connectivity index (χ4n) is 2.85. The summed E-state index contributed by atoms with van der Waals surface area (Å²) >= 11 is 0. The molecule has 1 unspecified atom stereocenters. The maximum absolute atomic E-state index is 12.3. The minimum Gasteiger partial charge on any atom is -0.351 e. The molecule has 3 N–H and O–H groups in total. The molecule has 0 aliphatic heterocycles. The minimum atomic E-state index is -0.530. The first kappa shape index (κ1) is 25.4. The predicted molar refractivity (Wildman–Crippen MR) is 118 cm³/mol. The molecule has 0 aliphatic rings. The van der Waals surface area contributed by atoms with Gasteiger partial charge in [-0.05, 0) is 36.2 Å². The van der Waals surface area contributed by atoms with Crippen LogP contribution < -0.4 is 11.1 Å². The SMILES string of the molecule is CCN(CC)Cc1ccccc1CNC(=O)C(N)Cc1ccccc1.Cl.Cl. The van der Waals surface area contributed by atoms with Crippen LogP contribution in [-0.4, -0.2) is 29.9 Å². The van der Waals surface area contributed by atoms with Gasteiger partial charge >= 0.3 is 0 Å². The highest BCUT2D eigenvalue weighted by atomic mass is 35.5. The van der Waals surface area contributed by atoms with Gasteiger partial charge in [-0.15, -0.1) is 24.8 Å².